The molecule has 118 valence electrons. The van der Waals surface area contributed by atoms with Crippen LogP contribution in [-0.4, -0.2) is 48.3 Å². The number of nitrogens with two attached hydrogens (primary N) is 1. The second-order valence-electron chi connectivity index (χ2n) is 7.26. The molecule has 1 atom stereocenters. The highest BCUT2D eigenvalue weighted by molar-refractivity contribution is 5.68. The first-order valence-electron chi connectivity index (χ1n) is 7.60. The van der Waals surface area contributed by atoms with Crippen LogP contribution in [0, 0.1) is 5.92 Å². The molecule has 0 aromatic rings. The molecule has 0 bridgehead atoms. The monoisotopic (exact) mass is 285 g/mol. The first-order chi connectivity index (χ1) is 9.17. The summed E-state index contributed by atoms with van der Waals surface area (Å²) in [5.74, 6) is 0.565. The summed E-state index contributed by atoms with van der Waals surface area (Å²) < 4.78 is 5.46. The number of nitrogens with zero attached hydrogens (tertiary/aromatic N) is 1. The van der Waals surface area contributed by atoms with E-state index < -0.39 is 5.60 Å². The van der Waals surface area contributed by atoms with Gasteiger partial charge in [0, 0.05) is 25.2 Å². The number of carbonyl (C=O) groups is 1. The van der Waals surface area contributed by atoms with Gasteiger partial charge in [0.2, 0.25) is 0 Å². The smallest absolute Gasteiger partial charge is 0.410 e. The number of hydrogen-bond acceptors (Lipinski definition) is 4. The number of carbonyl (C=O) groups excluding carboxylic acids is 1. The van der Waals surface area contributed by atoms with Crippen LogP contribution < -0.4 is 11.1 Å². The molecule has 1 rings (SSSR count). The SMILES string of the molecule is CC(C)CNC1(CN)CCCN(C(=O)OC(C)(C)C)C1. The lowest BCUT2D eigenvalue weighted by Crippen LogP contribution is -2.62. The molecule has 0 spiro atoms. The molecule has 0 aliphatic carbocycles. The molecule has 1 saturated heterocycles. The number of hydrogen-bond donors (Lipinski definition) is 2. The third kappa shape index (κ3) is 5.29. The summed E-state index contributed by atoms with van der Waals surface area (Å²) >= 11 is 0. The Kier molecular flexibility index (Phi) is 5.83. The fourth-order valence-corrected chi connectivity index (χ4v) is 2.42. The zero-order valence-corrected chi connectivity index (χ0v) is 13.7. The molecule has 1 heterocycles. The maximum absolute atomic E-state index is 12.2. The van der Waals surface area contributed by atoms with E-state index in [1.807, 2.05) is 20.8 Å². The van der Waals surface area contributed by atoms with Gasteiger partial charge in [-0.3, -0.25) is 0 Å². The van der Waals surface area contributed by atoms with Gasteiger partial charge in [-0.2, -0.15) is 0 Å². The fraction of sp³-hybridized carbons (Fsp3) is 0.933. The van der Waals surface area contributed by atoms with Gasteiger partial charge < -0.3 is 20.7 Å². The molecule has 1 aliphatic heterocycles. The van der Waals surface area contributed by atoms with Gasteiger partial charge in [0.25, 0.3) is 0 Å². The number of amides is 1. The number of nitrogens with one attached hydrogen (secondary N) is 1. The average molecular weight is 285 g/mol. The molecule has 1 unspecified atom stereocenters. The molecule has 5 nitrogen and oxygen atoms in total. The predicted octanol–water partition coefficient (Wildman–Crippen LogP) is 1.96. The van der Waals surface area contributed by atoms with Crippen LogP contribution in [0.15, 0.2) is 0 Å². The number of likely N-dealkylation sites (tertiary alicyclic amines) is 1. The second-order valence-corrected chi connectivity index (χ2v) is 7.26. The summed E-state index contributed by atoms with van der Waals surface area (Å²) in [6.45, 7) is 12.9. The van der Waals surface area contributed by atoms with Crippen molar-refractivity contribution in [2.75, 3.05) is 26.2 Å². The quantitative estimate of drug-likeness (QED) is 0.828. The van der Waals surface area contributed by atoms with E-state index in [4.69, 9.17) is 10.5 Å². The van der Waals surface area contributed by atoms with Crippen LogP contribution in [0.1, 0.15) is 47.5 Å². The Morgan fingerprint density at radius 2 is 2.10 bits per heavy atom. The van der Waals surface area contributed by atoms with Gasteiger partial charge in [-0.05, 0) is 46.1 Å². The average Bonchev–Trinajstić information content (AvgIpc) is 2.34. The molecule has 3 N–H and O–H groups in total. The van der Waals surface area contributed by atoms with Crippen LogP contribution in [0.3, 0.4) is 0 Å². The van der Waals surface area contributed by atoms with E-state index in [-0.39, 0.29) is 11.6 Å². The molecule has 1 amide bonds. The molecule has 0 aromatic carbocycles. The van der Waals surface area contributed by atoms with Crippen molar-refractivity contribution in [1.82, 2.24) is 10.2 Å². The van der Waals surface area contributed by atoms with E-state index in [1.165, 1.54) is 0 Å². The van der Waals surface area contributed by atoms with E-state index in [0.717, 1.165) is 25.9 Å². The van der Waals surface area contributed by atoms with Crippen molar-refractivity contribution < 1.29 is 9.53 Å². The Morgan fingerprint density at radius 3 is 2.60 bits per heavy atom. The van der Waals surface area contributed by atoms with Crippen LogP contribution in [-0.2, 0) is 4.74 Å². The first kappa shape index (κ1) is 17.2. The third-order valence-corrected chi connectivity index (χ3v) is 3.50. The minimum Gasteiger partial charge on any atom is -0.444 e. The lowest BCUT2D eigenvalue weighted by Gasteiger charge is -2.43. The highest BCUT2D eigenvalue weighted by atomic mass is 16.6. The topological polar surface area (TPSA) is 67.6 Å². The molecular formula is C15H31N3O2. The van der Waals surface area contributed by atoms with Crippen molar-refractivity contribution in [3.05, 3.63) is 0 Å². The predicted molar refractivity (Wildman–Crippen MR) is 81.7 cm³/mol. The van der Waals surface area contributed by atoms with E-state index in [9.17, 15) is 4.79 Å². The molecule has 1 aliphatic rings. The lowest BCUT2D eigenvalue weighted by atomic mass is 9.88. The van der Waals surface area contributed by atoms with Gasteiger partial charge in [0.05, 0.1) is 0 Å². The van der Waals surface area contributed by atoms with Crippen LogP contribution in [0.25, 0.3) is 0 Å². The molecule has 0 aromatic heterocycles. The maximum atomic E-state index is 12.2. The normalized spacial score (nSPS) is 24.1. The number of ether oxygens (including phenoxy) is 1. The summed E-state index contributed by atoms with van der Waals surface area (Å²) in [6, 6.07) is 0. The highest BCUT2D eigenvalue weighted by Gasteiger charge is 2.37. The summed E-state index contributed by atoms with van der Waals surface area (Å²) in [5.41, 5.74) is 5.35. The van der Waals surface area contributed by atoms with Crippen molar-refractivity contribution in [2.24, 2.45) is 11.7 Å². The van der Waals surface area contributed by atoms with E-state index in [1.54, 1.807) is 4.90 Å². The summed E-state index contributed by atoms with van der Waals surface area (Å²) in [5, 5.41) is 3.56. The Balaban J connectivity index is 2.65. The van der Waals surface area contributed by atoms with Crippen molar-refractivity contribution in [3.63, 3.8) is 0 Å². The van der Waals surface area contributed by atoms with Gasteiger partial charge in [0.1, 0.15) is 5.60 Å². The van der Waals surface area contributed by atoms with Gasteiger partial charge >= 0.3 is 6.09 Å². The van der Waals surface area contributed by atoms with Crippen LogP contribution in [0.5, 0.6) is 0 Å². The largest absolute Gasteiger partial charge is 0.444 e. The Bertz CT molecular complexity index is 326. The molecule has 0 saturated carbocycles. The molecule has 20 heavy (non-hydrogen) atoms. The second kappa shape index (κ2) is 6.76. The Labute approximate surface area is 123 Å². The van der Waals surface area contributed by atoms with Gasteiger partial charge in [0.15, 0.2) is 0 Å². The van der Waals surface area contributed by atoms with E-state index >= 15 is 0 Å². The summed E-state index contributed by atoms with van der Waals surface area (Å²) in [6.07, 6.45) is 1.73. The molecule has 5 heteroatoms. The van der Waals surface area contributed by atoms with Crippen LogP contribution in [0.2, 0.25) is 0 Å². The first-order valence-corrected chi connectivity index (χ1v) is 7.60. The number of rotatable bonds is 4. The van der Waals surface area contributed by atoms with Gasteiger partial charge in [-0.25, -0.2) is 4.79 Å². The van der Waals surface area contributed by atoms with Gasteiger partial charge in [-0.15, -0.1) is 0 Å². The molecule has 0 radical (unpaired) electrons. The fourth-order valence-electron chi connectivity index (χ4n) is 2.42. The zero-order valence-electron chi connectivity index (χ0n) is 13.7. The maximum Gasteiger partial charge on any atom is 0.410 e. The van der Waals surface area contributed by atoms with Gasteiger partial charge in [-0.1, -0.05) is 13.8 Å². The van der Waals surface area contributed by atoms with Crippen molar-refractivity contribution in [3.8, 4) is 0 Å². The van der Waals surface area contributed by atoms with E-state index in [2.05, 4.69) is 19.2 Å². The summed E-state index contributed by atoms with van der Waals surface area (Å²) in [7, 11) is 0. The van der Waals surface area contributed by atoms with Crippen molar-refractivity contribution >= 4 is 6.09 Å². The minimum absolute atomic E-state index is 0.167. The summed E-state index contributed by atoms with van der Waals surface area (Å²) in [4.78, 5) is 14.0. The van der Waals surface area contributed by atoms with Crippen molar-refractivity contribution in [2.45, 2.75) is 58.6 Å². The lowest BCUT2D eigenvalue weighted by molar-refractivity contribution is 0.0113. The number of piperidine rings is 1. The van der Waals surface area contributed by atoms with Crippen LogP contribution >= 0.6 is 0 Å². The Morgan fingerprint density at radius 1 is 1.45 bits per heavy atom. The molecule has 1 fully saturated rings. The van der Waals surface area contributed by atoms with Crippen molar-refractivity contribution in [1.29, 1.82) is 0 Å². The Hall–Kier alpha value is -0.810. The third-order valence-electron chi connectivity index (χ3n) is 3.50. The van der Waals surface area contributed by atoms with Crippen LogP contribution in [0.4, 0.5) is 4.79 Å². The highest BCUT2D eigenvalue weighted by Crippen LogP contribution is 2.22. The standard InChI is InChI=1S/C15H31N3O2/c1-12(2)9-17-15(10-16)7-6-8-18(11-15)13(19)20-14(3,4)5/h12,17H,6-11,16H2,1-5H3. The molecular weight excluding hydrogens is 254 g/mol. The van der Waals surface area contributed by atoms with E-state index in [0.29, 0.717) is 19.0 Å². The zero-order chi connectivity index (χ0) is 15.4. The minimum atomic E-state index is -0.453.